The van der Waals surface area contributed by atoms with Gasteiger partial charge >= 0.3 is 5.97 Å². The van der Waals surface area contributed by atoms with Crippen LogP contribution in [0.2, 0.25) is 0 Å². The van der Waals surface area contributed by atoms with E-state index < -0.39 is 12.1 Å². The highest BCUT2D eigenvalue weighted by atomic mass is 16.5. The second kappa shape index (κ2) is 58.6. The van der Waals surface area contributed by atoms with Crippen LogP contribution < -0.4 is 5.32 Å². The van der Waals surface area contributed by atoms with Crippen molar-refractivity contribution in [1.29, 1.82) is 0 Å². The molecule has 0 fully saturated rings. The zero-order chi connectivity index (χ0) is 50.0. The third-order valence-electron chi connectivity index (χ3n) is 14.2. The molecule has 0 bridgehead atoms. The SMILES string of the molecule is CCCCC/C=C\C/C=C\CCCCCCCCCC(=O)OCCCCCCCCCCC/C=C\CCCCCCCC(=O)NC(CO)C(O)CCCCCCCCCCCCCCCCCCC. The van der Waals surface area contributed by atoms with Gasteiger partial charge in [0.2, 0.25) is 5.91 Å². The molecule has 2 atom stereocenters. The number of rotatable bonds is 57. The number of nitrogens with one attached hydrogen (secondary N) is 1. The molecule has 0 radical (unpaired) electrons. The smallest absolute Gasteiger partial charge is 0.305 e. The number of aliphatic hydroxyl groups is 2. The van der Waals surface area contributed by atoms with Crippen LogP contribution in [-0.2, 0) is 14.3 Å². The van der Waals surface area contributed by atoms with Crippen molar-refractivity contribution in [3.8, 4) is 0 Å². The van der Waals surface area contributed by atoms with Crippen LogP contribution in [-0.4, -0.2) is 47.4 Å². The number of carbonyl (C=O) groups excluding carboxylic acids is 2. The summed E-state index contributed by atoms with van der Waals surface area (Å²) < 4.78 is 5.48. The Morgan fingerprint density at radius 3 is 1.14 bits per heavy atom. The zero-order valence-electron chi connectivity index (χ0n) is 46.3. The van der Waals surface area contributed by atoms with Gasteiger partial charge in [-0.25, -0.2) is 0 Å². The largest absolute Gasteiger partial charge is 0.466 e. The number of allylic oxidation sites excluding steroid dienone is 6. The fourth-order valence-electron chi connectivity index (χ4n) is 9.43. The van der Waals surface area contributed by atoms with E-state index in [1.807, 2.05) is 0 Å². The van der Waals surface area contributed by atoms with E-state index in [9.17, 15) is 19.8 Å². The molecule has 0 rings (SSSR count). The molecule has 0 saturated carbocycles. The minimum Gasteiger partial charge on any atom is -0.466 e. The van der Waals surface area contributed by atoms with Gasteiger partial charge in [0.25, 0.3) is 0 Å². The van der Waals surface area contributed by atoms with Crippen molar-refractivity contribution in [2.24, 2.45) is 0 Å². The minimum atomic E-state index is -0.674. The van der Waals surface area contributed by atoms with E-state index >= 15 is 0 Å². The Hall–Kier alpha value is -1.92. The maximum atomic E-state index is 12.5. The van der Waals surface area contributed by atoms with E-state index in [1.54, 1.807) is 0 Å². The van der Waals surface area contributed by atoms with Gasteiger partial charge in [0, 0.05) is 12.8 Å². The molecule has 0 aromatic heterocycles. The van der Waals surface area contributed by atoms with Crippen molar-refractivity contribution in [3.63, 3.8) is 0 Å². The molecule has 0 aliphatic heterocycles. The predicted molar refractivity (Wildman–Crippen MR) is 301 cm³/mol. The lowest BCUT2D eigenvalue weighted by molar-refractivity contribution is -0.143. The normalized spacial score (nSPS) is 12.8. The topological polar surface area (TPSA) is 95.9 Å². The van der Waals surface area contributed by atoms with E-state index in [4.69, 9.17) is 4.74 Å². The van der Waals surface area contributed by atoms with Crippen LogP contribution in [0.3, 0.4) is 0 Å². The van der Waals surface area contributed by atoms with Crippen molar-refractivity contribution in [3.05, 3.63) is 36.5 Å². The van der Waals surface area contributed by atoms with Crippen LogP contribution in [0.15, 0.2) is 36.5 Å². The Morgan fingerprint density at radius 1 is 0.406 bits per heavy atom. The molecule has 0 heterocycles. The maximum Gasteiger partial charge on any atom is 0.305 e. The molecular formula is C63H119NO5. The molecule has 0 aliphatic carbocycles. The van der Waals surface area contributed by atoms with Crippen molar-refractivity contribution < 1.29 is 24.5 Å². The summed E-state index contributed by atoms with van der Waals surface area (Å²) >= 11 is 0. The Balaban J connectivity index is 3.45. The molecule has 406 valence electrons. The molecule has 0 aliphatic rings. The molecule has 0 aromatic rings. The van der Waals surface area contributed by atoms with Gasteiger partial charge in [0.15, 0.2) is 0 Å². The predicted octanol–water partition coefficient (Wildman–Crippen LogP) is 19.2. The molecule has 0 spiro atoms. The van der Waals surface area contributed by atoms with Gasteiger partial charge in [-0.05, 0) is 83.5 Å². The van der Waals surface area contributed by atoms with Crippen LogP contribution >= 0.6 is 0 Å². The first kappa shape index (κ1) is 67.1. The summed E-state index contributed by atoms with van der Waals surface area (Å²) in [4.78, 5) is 24.6. The summed E-state index contributed by atoms with van der Waals surface area (Å²) in [5.74, 6) is -0.0523. The van der Waals surface area contributed by atoms with Crippen molar-refractivity contribution in [1.82, 2.24) is 5.32 Å². The molecule has 6 heteroatoms. The van der Waals surface area contributed by atoms with Gasteiger partial charge in [-0.3, -0.25) is 9.59 Å². The highest BCUT2D eigenvalue weighted by Gasteiger charge is 2.20. The first-order valence-corrected chi connectivity index (χ1v) is 30.7. The Morgan fingerprint density at radius 2 is 0.725 bits per heavy atom. The number of amides is 1. The van der Waals surface area contributed by atoms with Gasteiger partial charge in [-0.1, -0.05) is 269 Å². The first-order valence-electron chi connectivity index (χ1n) is 30.7. The van der Waals surface area contributed by atoms with E-state index in [0.29, 0.717) is 25.9 Å². The molecule has 0 saturated heterocycles. The molecular weight excluding hydrogens is 851 g/mol. The lowest BCUT2D eigenvalue weighted by Gasteiger charge is -2.22. The van der Waals surface area contributed by atoms with Gasteiger partial charge in [-0.15, -0.1) is 0 Å². The molecule has 3 N–H and O–H groups in total. The maximum absolute atomic E-state index is 12.5. The Kier molecular flexibility index (Phi) is 57.0. The van der Waals surface area contributed by atoms with Crippen molar-refractivity contribution in [2.45, 2.75) is 341 Å². The summed E-state index contributed by atoms with van der Waals surface area (Å²) in [6, 6.07) is -0.552. The lowest BCUT2D eigenvalue weighted by atomic mass is 10.0. The monoisotopic (exact) mass is 970 g/mol. The lowest BCUT2D eigenvalue weighted by Crippen LogP contribution is -2.45. The minimum absolute atomic E-state index is 0.00457. The van der Waals surface area contributed by atoms with Crippen molar-refractivity contribution >= 4 is 11.9 Å². The third-order valence-corrected chi connectivity index (χ3v) is 14.2. The van der Waals surface area contributed by atoms with Gasteiger partial charge in [-0.2, -0.15) is 0 Å². The van der Waals surface area contributed by atoms with E-state index in [-0.39, 0.29) is 18.5 Å². The second-order valence-corrected chi connectivity index (χ2v) is 21.0. The number of aliphatic hydroxyl groups excluding tert-OH is 2. The van der Waals surface area contributed by atoms with Gasteiger partial charge < -0.3 is 20.3 Å². The molecule has 6 nitrogen and oxygen atoms in total. The van der Waals surface area contributed by atoms with E-state index in [0.717, 1.165) is 64.2 Å². The molecule has 69 heavy (non-hydrogen) atoms. The zero-order valence-corrected chi connectivity index (χ0v) is 46.3. The standard InChI is InChI=1S/C63H119NO5/c1-3-5-7-9-11-13-15-17-19-23-27-31-35-39-43-47-51-55-61(66)60(59-65)64-62(67)56-52-48-44-40-36-32-28-25-21-22-26-30-34-38-42-46-50-54-58-69-63(68)57-53-49-45-41-37-33-29-24-20-18-16-14-12-10-8-6-4-2/h12,14,18,20,25,28,60-61,65-66H,3-11,13,15-17,19,21-24,26-27,29-59H2,1-2H3,(H,64,67)/b14-12-,20-18-,28-25-. The van der Waals surface area contributed by atoms with Crippen LogP contribution in [0.5, 0.6) is 0 Å². The quantitative estimate of drug-likeness (QED) is 0.0321. The summed E-state index contributed by atoms with van der Waals surface area (Å²) in [6.07, 6.45) is 72.8. The van der Waals surface area contributed by atoms with Crippen LogP contribution in [0.25, 0.3) is 0 Å². The molecule has 1 amide bonds. The average molecular weight is 971 g/mol. The number of ether oxygens (including phenoxy) is 1. The summed E-state index contributed by atoms with van der Waals surface area (Å²) in [5.41, 5.74) is 0. The number of hydrogen-bond acceptors (Lipinski definition) is 5. The second-order valence-electron chi connectivity index (χ2n) is 21.0. The molecule has 0 aromatic carbocycles. The number of unbranched alkanes of at least 4 members (excludes halogenated alkanes) is 40. The van der Waals surface area contributed by atoms with E-state index in [1.165, 1.54) is 231 Å². The highest BCUT2D eigenvalue weighted by molar-refractivity contribution is 5.76. The third kappa shape index (κ3) is 55.2. The first-order chi connectivity index (χ1) is 34.0. The van der Waals surface area contributed by atoms with Crippen LogP contribution in [0.1, 0.15) is 328 Å². The Bertz CT molecular complexity index is 1120. The number of hydrogen-bond donors (Lipinski definition) is 3. The fraction of sp³-hybridized carbons (Fsp3) is 0.873. The van der Waals surface area contributed by atoms with Crippen LogP contribution in [0.4, 0.5) is 0 Å². The average Bonchev–Trinajstić information content (AvgIpc) is 3.35. The van der Waals surface area contributed by atoms with Crippen molar-refractivity contribution in [2.75, 3.05) is 13.2 Å². The highest BCUT2D eigenvalue weighted by Crippen LogP contribution is 2.17. The van der Waals surface area contributed by atoms with Gasteiger partial charge in [0.05, 0.1) is 25.4 Å². The van der Waals surface area contributed by atoms with Gasteiger partial charge in [0.1, 0.15) is 0 Å². The summed E-state index contributed by atoms with van der Waals surface area (Å²) in [5, 5.41) is 23.3. The van der Waals surface area contributed by atoms with E-state index in [2.05, 4.69) is 55.6 Å². The fourth-order valence-corrected chi connectivity index (χ4v) is 9.43. The number of esters is 1. The molecule has 2 unspecified atom stereocenters. The number of carbonyl (C=O) groups is 2. The summed E-state index contributed by atoms with van der Waals surface area (Å²) in [7, 11) is 0. The summed E-state index contributed by atoms with van der Waals surface area (Å²) in [6.45, 7) is 4.92. The van der Waals surface area contributed by atoms with Crippen LogP contribution in [0, 0.1) is 0 Å². The Labute approximate surface area is 430 Å².